The molecule has 5 nitrogen and oxygen atoms in total. The second kappa shape index (κ2) is 7.49. The molecule has 7 heteroatoms. The highest BCUT2D eigenvalue weighted by molar-refractivity contribution is 6.43. The highest BCUT2D eigenvalue weighted by atomic mass is 35.5. The predicted molar refractivity (Wildman–Crippen MR) is 111 cm³/mol. The van der Waals surface area contributed by atoms with E-state index in [0.29, 0.717) is 42.5 Å². The van der Waals surface area contributed by atoms with Gasteiger partial charge in [0, 0.05) is 44.1 Å². The predicted octanol–water partition coefficient (Wildman–Crippen LogP) is 4.08. The summed E-state index contributed by atoms with van der Waals surface area (Å²) in [6.07, 6.45) is 0. The van der Waals surface area contributed by atoms with Gasteiger partial charge in [0.15, 0.2) is 0 Å². The van der Waals surface area contributed by atoms with Crippen LogP contribution >= 0.6 is 23.2 Å². The molecule has 2 amide bonds. The van der Waals surface area contributed by atoms with Gasteiger partial charge in [-0.2, -0.15) is 0 Å². The minimum Gasteiger partial charge on any atom is -0.340 e. The number of para-hydroxylation sites is 1. The van der Waals surface area contributed by atoms with Gasteiger partial charge in [-0.1, -0.05) is 47.5 Å². The molecule has 2 aromatic carbocycles. The maximum absolute atomic E-state index is 13.0. The van der Waals surface area contributed by atoms with E-state index in [1.54, 1.807) is 28.0 Å². The van der Waals surface area contributed by atoms with Crippen molar-refractivity contribution in [2.75, 3.05) is 26.2 Å². The molecule has 0 unspecified atom stereocenters. The summed E-state index contributed by atoms with van der Waals surface area (Å²) in [5.41, 5.74) is 2.07. The summed E-state index contributed by atoms with van der Waals surface area (Å²) in [6, 6.07) is 14.9. The Morgan fingerprint density at radius 3 is 2.18 bits per heavy atom. The number of hydrogen-bond donors (Lipinski definition) is 0. The van der Waals surface area contributed by atoms with Gasteiger partial charge in [0.1, 0.15) is 5.69 Å². The molecule has 3 aromatic rings. The molecule has 0 N–H and O–H groups in total. The molecule has 0 spiro atoms. The fourth-order valence-electron chi connectivity index (χ4n) is 3.61. The minimum atomic E-state index is -0.163. The lowest BCUT2D eigenvalue weighted by molar-refractivity contribution is 0.0530. The van der Waals surface area contributed by atoms with E-state index < -0.39 is 0 Å². The molecule has 0 aliphatic carbocycles. The van der Waals surface area contributed by atoms with E-state index in [0.717, 1.165) is 10.9 Å². The fourth-order valence-corrected chi connectivity index (χ4v) is 3.99. The summed E-state index contributed by atoms with van der Waals surface area (Å²) in [4.78, 5) is 29.3. The summed E-state index contributed by atoms with van der Waals surface area (Å²) < 4.78 is 1.92. The molecule has 0 radical (unpaired) electrons. The van der Waals surface area contributed by atoms with Gasteiger partial charge in [0.05, 0.1) is 15.6 Å². The van der Waals surface area contributed by atoms with Crippen LogP contribution in [-0.2, 0) is 7.05 Å². The standard InChI is InChI=1S/C21H19Cl2N3O2/c1-24-17-8-3-2-5-14(17)13-18(24)21(28)26-11-9-25(10-12-26)20(27)15-6-4-7-16(22)19(15)23/h2-8,13H,9-12H2,1H3. The van der Waals surface area contributed by atoms with Crippen LogP contribution in [0.3, 0.4) is 0 Å². The number of benzene rings is 2. The molecular formula is C21H19Cl2N3O2. The molecule has 4 rings (SSSR count). The van der Waals surface area contributed by atoms with Crippen LogP contribution < -0.4 is 0 Å². The first kappa shape index (κ1) is 18.8. The van der Waals surface area contributed by atoms with E-state index in [1.807, 2.05) is 41.9 Å². The van der Waals surface area contributed by atoms with E-state index in [2.05, 4.69) is 0 Å². The van der Waals surface area contributed by atoms with Gasteiger partial charge in [-0.05, 0) is 24.3 Å². The van der Waals surface area contributed by atoms with Gasteiger partial charge in [-0.15, -0.1) is 0 Å². The lowest BCUT2D eigenvalue weighted by Crippen LogP contribution is -2.50. The van der Waals surface area contributed by atoms with Crippen molar-refractivity contribution in [2.24, 2.45) is 7.05 Å². The van der Waals surface area contributed by atoms with Gasteiger partial charge in [0.2, 0.25) is 0 Å². The molecular weight excluding hydrogens is 397 g/mol. The summed E-state index contributed by atoms with van der Waals surface area (Å²) >= 11 is 12.2. The van der Waals surface area contributed by atoms with Gasteiger partial charge in [-0.3, -0.25) is 9.59 Å². The van der Waals surface area contributed by atoms with Crippen LogP contribution in [0.1, 0.15) is 20.8 Å². The fraction of sp³-hybridized carbons (Fsp3) is 0.238. The maximum atomic E-state index is 13.0. The Bertz CT molecular complexity index is 1070. The van der Waals surface area contributed by atoms with Crippen molar-refractivity contribution < 1.29 is 9.59 Å². The Balaban J connectivity index is 1.47. The van der Waals surface area contributed by atoms with Crippen molar-refractivity contribution in [1.82, 2.24) is 14.4 Å². The molecule has 0 atom stereocenters. The van der Waals surface area contributed by atoms with E-state index in [-0.39, 0.29) is 16.8 Å². The van der Waals surface area contributed by atoms with Crippen molar-refractivity contribution in [3.63, 3.8) is 0 Å². The number of aryl methyl sites for hydroxylation is 1. The Hall–Kier alpha value is -2.50. The van der Waals surface area contributed by atoms with Crippen LogP contribution in [-0.4, -0.2) is 52.4 Å². The quantitative estimate of drug-likeness (QED) is 0.632. The zero-order valence-corrected chi connectivity index (χ0v) is 16.9. The Kier molecular flexibility index (Phi) is 5.04. The minimum absolute atomic E-state index is 0.0217. The van der Waals surface area contributed by atoms with Gasteiger partial charge in [-0.25, -0.2) is 0 Å². The van der Waals surface area contributed by atoms with Crippen LogP contribution in [0.2, 0.25) is 10.0 Å². The highest BCUT2D eigenvalue weighted by Gasteiger charge is 2.28. The molecule has 2 heterocycles. The second-order valence-corrected chi connectivity index (χ2v) is 7.62. The summed E-state index contributed by atoms with van der Waals surface area (Å²) in [7, 11) is 1.90. The number of hydrogen-bond acceptors (Lipinski definition) is 2. The molecule has 0 saturated carbocycles. The van der Waals surface area contributed by atoms with E-state index in [4.69, 9.17) is 23.2 Å². The number of carbonyl (C=O) groups is 2. The molecule has 1 aliphatic heterocycles. The molecule has 1 aliphatic rings. The van der Waals surface area contributed by atoms with Crippen LogP contribution in [0, 0.1) is 0 Å². The van der Waals surface area contributed by atoms with Crippen molar-refractivity contribution in [1.29, 1.82) is 0 Å². The molecule has 144 valence electrons. The van der Waals surface area contributed by atoms with E-state index in [9.17, 15) is 9.59 Å². The Labute approximate surface area is 173 Å². The van der Waals surface area contributed by atoms with Crippen molar-refractivity contribution >= 4 is 45.9 Å². The molecule has 0 bridgehead atoms. The first-order valence-electron chi connectivity index (χ1n) is 9.04. The Morgan fingerprint density at radius 1 is 0.857 bits per heavy atom. The lowest BCUT2D eigenvalue weighted by Gasteiger charge is -2.35. The average Bonchev–Trinajstić information content (AvgIpc) is 3.06. The average molecular weight is 416 g/mol. The topological polar surface area (TPSA) is 45.6 Å². The normalized spacial score (nSPS) is 14.5. The number of halogens is 2. The number of piperazine rings is 1. The van der Waals surface area contributed by atoms with Crippen LogP contribution in [0.4, 0.5) is 0 Å². The van der Waals surface area contributed by atoms with Crippen LogP contribution in [0.15, 0.2) is 48.5 Å². The van der Waals surface area contributed by atoms with Gasteiger partial charge >= 0.3 is 0 Å². The molecule has 28 heavy (non-hydrogen) atoms. The van der Waals surface area contributed by atoms with Gasteiger partial charge in [0.25, 0.3) is 11.8 Å². The first-order chi connectivity index (χ1) is 13.5. The van der Waals surface area contributed by atoms with Gasteiger partial charge < -0.3 is 14.4 Å². The molecule has 1 aromatic heterocycles. The summed E-state index contributed by atoms with van der Waals surface area (Å²) in [5, 5.41) is 1.66. The zero-order valence-electron chi connectivity index (χ0n) is 15.4. The third kappa shape index (κ3) is 3.25. The smallest absolute Gasteiger partial charge is 0.270 e. The Morgan fingerprint density at radius 2 is 1.50 bits per heavy atom. The number of fused-ring (bicyclic) bond motifs is 1. The van der Waals surface area contributed by atoms with Crippen molar-refractivity contribution in [2.45, 2.75) is 0 Å². The number of carbonyl (C=O) groups excluding carboxylic acids is 2. The number of aromatic nitrogens is 1. The second-order valence-electron chi connectivity index (χ2n) is 6.83. The number of rotatable bonds is 2. The van der Waals surface area contributed by atoms with E-state index in [1.165, 1.54) is 0 Å². The zero-order chi connectivity index (χ0) is 19.8. The van der Waals surface area contributed by atoms with Crippen molar-refractivity contribution in [3.05, 3.63) is 69.8 Å². The summed E-state index contributed by atoms with van der Waals surface area (Å²) in [5.74, 6) is -0.184. The summed E-state index contributed by atoms with van der Waals surface area (Å²) in [6.45, 7) is 1.86. The van der Waals surface area contributed by atoms with Crippen LogP contribution in [0.25, 0.3) is 10.9 Å². The van der Waals surface area contributed by atoms with E-state index >= 15 is 0 Å². The SMILES string of the molecule is Cn1c(C(=O)N2CCN(C(=O)c3cccc(Cl)c3Cl)CC2)cc2ccccc21. The first-order valence-corrected chi connectivity index (χ1v) is 9.80. The number of nitrogens with zero attached hydrogens (tertiary/aromatic N) is 3. The maximum Gasteiger partial charge on any atom is 0.270 e. The van der Waals surface area contributed by atoms with Crippen molar-refractivity contribution in [3.8, 4) is 0 Å². The van der Waals surface area contributed by atoms with Crippen LogP contribution in [0.5, 0.6) is 0 Å². The third-order valence-corrected chi connectivity index (χ3v) is 6.03. The molecule has 1 fully saturated rings. The number of amides is 2. The highest BCUT2D eigenvalue weighted by Crippen LogP contribution is 2.27. The third-order valence-electron chi connectivity index (χ3n) is 5.21. The monoisotopic (exact) mass is 415 g/mol. The lowest BCUT2D eigenvalue weighted by atomic mass is 10.1. The molecule has 1 saturated heterocycles. The largest absolute Gasteiger partial charge is 0.340 e.